The zero-order valence-electron chi connectivity index (χ0n) is 28.1. The van der Waals surface area contributed by atoms with Gasteiger partial charge in [0.05, 0.1) is 25.2 Å². The molecular weight excluding hydrogens is 608 g/mol. The summed E-state index contributed by atoms with van der Waals surface area (Å²) in [5, 5.41) is 52.4. The molecule has 0 bridgehead atoms. The molecule has 1 amide bonds. The Kier molecular flexibility index (Phi) is 36.0. The van der Waals surface area contributed by atoms with Crippen molar-refractivity contribution in [2.24, 2.45) is 4.99 Å². The topological polar surface area (TPSA) is 189 Å². The van der Waals surface area contributed by atoms with Gasteiger partial charge >= 0.3 is 43.7 Å². The van der Waals surface area contributed by atoms with Crippen molar-refractivity contribution in [1.82, 2.24) is 15.1 Å². The van der Waals surface area contributed by atoms with Crippen LogP contribution in [0.5, 0.6) is 0 Å². The molecule has 0 saturated carbocycles. The fourth-order valence-electron chi connectivity index (χ4n) is 4.00. The Balaban J connectivity index is -0.000000767. The first-order chi connectivity index (χ1) is 20.9. The number of aliphatic hydroxyl groups excluding tert-OH is 2. The van der Waals surface area contributed by atoms with Crippen LogP contribution in [0, 0.1) is 0 Å². The summed E-state index contributed by atoms with van der Waals surface area (Å²) >= 11 is 0. The summed E-state index contributed by atoms with van der Waals surface area (Å²) in [6.07, 6.45) is 13.6. The molecule has 0 saturated heterocycles. The third-order valence-electron chi connectivity index (χ3n) is 6.11. The molecule has 0 aliphatic heterocycles. The summed E-state index contributed by atoms with van der Waals surface area (Å²) in [4.78, 5) is 40.3. The molecule has 0 aromatic carbocycles. The maximum Gasteiger partial charge on any atom is 2.00 e. The van der Waals surface area contributed by atoms with E-state index in [2.05, 4.69) is 48.5 Å². The maximum atomic E-state index is 11.6. The van der Waals surface area contributed by atoms with Crippen LogP contribution in [-0.4, -0.2) is 151 Å². The van der Waals surface area contributed by atoms with Crippen LogP contribution in [0.3, 0.4) is 0 Å². The second-order valence-corrected chi connectivity index (χ2v) is 10.7. The van der Waals surface area contributed by atoms with Crippen molar-refractivity contribution in [2.75, 3.05) is 52.4 Å². The van der Waals surface area contributed by atoms with Crippen LogP contribution < -0.4 is 15.5 Å². The van der Waals surface area contributed by atoms with Crippen molar-refractivity contribution in [1.29, 1.82) is 0 Å². The van der Waals surface area contributed by atoms with Crippen molar-refractivity contribution < 1.29 is 39.9 Å². The van der Waals surface area contributed by atoms with E-state index in [-0.39, 0.29) is 62.4 Å². The largest absolute Gasteiger partial charge is 2.00 e. The van der Waals surface area contributed by atoms with Crippen LogP contribution >= 0.6 is 0 Å². The summed E-state index contributed by atoms with van der Waals surface area (Å²) < 4.78 is 0. The Morgan fingerprint density at radius 1 is 0.778 bits per heavy atom. The van der Waals surface area contributed by atoms with Crippen LogP contribution in [0.15, 0.2) is 29.3 Å². The van der Waals surface area contributed by atoms with Crippen LogP contribution in [0.4, 0.5) is 0 Å². The molecule has 0 radical (unpaired) electrons. The molecule has 0 aromatic rings. The van der Waals surface area contributed by atoms with Gasteiger partial charge in [0.1, 0.15) is 0 Å². The van der Waals surface area contributed by atoms with E-state index >= 15 is 0 Å². The number of aliphatic hydroxyl groups is 2. The van der Waals surface area contributed by atoms with Crippen LogP contribution in [0.1, 0.15) is 91.9 Å². The Hall–Kier alpha value is -1.54. The molecule has 0 aliphatic rings. The van der Waals surface area contributed by atoms with Gasteiger partial charge in [0.15, 0.2) is 0 Å². The summed E-state index contributed by atoms with van der Waals surface area (Å²) in [6, 6.07) is 0. The smallest absolute Gasteiger partial charge is 0.862 e. The molecule has 0 aromatic heterocycles. The van der Waals surface area contributed by atoms with E-state index in [1.54, 1.807) is 18.7 Å². The molecular formula is C32H58CaN4O8. The van der Waals surface area contributed by atoms with Crippen LogP contribution in [0.25, 0.3) is 0 Å². The molecule has 0 heterocycles. The van der Waals surface area contributed by atoms with E-state index in [0.29, 0.717) is 65.2 Å². The van der Waals surface area contributed by atoms with Gasteiger partial charge in [0.2, 0.25) is 5.91 Å². The van der Waals surface area contributed by atoms with Crippen molar-refractivity contribution in [2.45, 2.75) is 104 Å². The van der Waals surface area contributed by atoms with E-state index < -0.39 is 24.1 Å². The number of aliphatic carboxylic acids is 2. The first-order valence-corrected chi connectivity index (χ1v) is 15.9. The number of allylic oxidation sites excluding steroid dienone is 4. The minimum atomic E-state index is -1.12. The van der Waals surface area contributed by atoms with Gasteiger partial charge in [-0.1, -0.05) is 38.2 Å². The fourth-order valence-corrected chi connectivity index (χ4v) is 4.00. The molecule has 12 nitrogen and oxygen atoms in total. The van der Waals surface area contributed by atoms with Gasteiger partial charge in [-0.15, -0.1) is 0 Å². The Morgan fingerprint density at radius 2 is 1.29 bits per heavy atom. The zero-order chi connectivity index (χ0) is 33.6. The summed E-state index contributed by atoms with van der Waals surface area (Å²) in [5.74, 6) is -2.09. The minimum absolute atomic E-state index is 0. The van der Waals surface area contributed by atoms with E-state index in [1.807, 2.05) is 4.90 Å². The van der Waals surface area contributed by atoms with E-state index in [1.165, 1.54) is 0 Å². The van der Waals surface area contributed by atoms with Crippen molar-refractivity contribution >= 4 is 61.5 Å². The zero-order valence-corrected chi connectivity index (χ0v) is 30.3. The van der Waals surface area contributed by atoms with E-state index in [0.717, 1.165) is 38.5 Å². The average Bonchev–Trinajstić information content (AvgIpc) is 2.94. The molecule has 2 atom stereocenters. The van der Waals surface area contributed by atoms with E-state index in [9.17, 15) is 34.8 Å². The van der Waals surface area contributed by atoms with Gasteiger partial charge in [0, 0.05) is 58.2 Å². The van der Waals surface area contributed by atoms with Gasteiger partial charge in [0.25, 0.3) is 0 Å². The summed E-state index contributed by atoms with van der Waals surface area (Å²) in [6.45, 7) is 10.7. The number of carbonyl (C=O) groups excluding carboxylic acids is 2. The number of hydrogen-bond donors (Lipinski definition) is 4. The molecule has 0 spiro atoms. The Labute approximate surface area is 300 Å². The number of unbranched alkanes of at least 4 members (excludes halogenated alkanes) is 2. The van der Waals surface area contributed by atoms with Crippen molar-refractivity contribution in [3.63, 3.8) is 0 Å². The molecule has 4 N–H and O–H groups in total. The monoisotopic (exact) mass is 666 g/mol. The molecule has 0 rings (SSSR count). The maximum absolute atomic E-state index is 11.6. The van der Waals surface area contributed by atoms with Crippen molar-refractivity contribution in [3.8, 4) is 0 Å². The second kappa shape index (κ2) is 33.8. The number of carbonyl (C=O) groups is 3. The predicted molar refractivity (Wildman–Crippen MR) is 176 cm³/mol. The Morgan fingerprint density at radius 3 is 1.78 bits per heavy atom. The molecule has 45 heavy (non-hydrogen) atoms. The van der Waals surface area contributed by atoms with Gasteiger partial charge in [-0.3, -0.25) is 19.4 Å². The molecule has 0 fully saturated rings. The van der Waals surface area contributed by atoms with Gasteiger partial charge < -0.3 is 40.6 Å². The van der Waals surface area contributed by atoms with Gasteiger partial charge in [-0.05, 0) is 71.1 Å². The number of carboxylic acid groups (broad SMARTS) is 2. The summed E-state index contributed by atoms with van der Waals surface area (Å²) in [5.41, 5.74) is 0. The normalized spacial score (nSPS) is 13.0. The second-order valence-electron chi connectivity index (χ2n) is 10.7. The van der Waals surface area contributed by atoms with Crippen molar-refractivity contribution in [3.05, 3.63) is 24.3 Å². The number of nitrogens with zero attached hydrogens (tertiary/aromatic N) is 3. The number of aliphatic imine (C=N–C) groups is 1. The standard InChI is InChI=1S/2C16H30N2O4.Ca/c2*1-3-4-5-6-7-8-15(20)17-10-12-18(13-14(2)19)11-9-16(21)22;/h2*4-5,14,19H,3,6-13H2,1-2H3,(H,17,20)(H,21,22);/q;;+2/p-2/b2*5-4+;. The van der Waals surface area contributed by atoms with Gasteiger partial charge in [-0.25, -0.2) is 0 Å². The number of rotatable bonds is 26. The minimum Gasteiger partial charge on any atom is -0.862 e. The number of nitrogens with one attached hydrogen (secondary N) is 1. The van der Waals surface area contributed by atoms with E-state index in [4.69, 9.17) is 5.11 Å². The molecule has 256 valence electrons. The SMILES string of the molecule is CC/C=C/CCCC(=O)NCCN(CCC(=O)O)CC(C)O.CC/C=C/CCCC([O-])=NCCN(CCC(=O)[O-])CC(C)O.[Ca+2]. The predicted octanol–water partition coefficient (Wildman–Crippen LogP) is 0.720. The first kappa shape index (κ1) is 47.9. The fraction of sp³-hybridized carbons (Fsp3) is 0.750. The quantitative estimate of drug-likeness (QED) is 0.0337. The Bertz CT molecular complexity index is 838. The van der Waals surface area contributed by atoms with Gasteiger partial charge in [-0.2, -0.15) is 0 Å². The first-order valence-electron chi connectivity index (χ1n) is 15.9. The molecule has 2 unspecified atom stereocenters. The number of amides is 1. The van der Waals surface area contributed by atoms with Crippen LogP contribution in [-0.2, 0) is 14.4 Å². The molecule has 0 aliphatic carbocycles. The number of carboxylic acids is 2. The van der Waals surface area contributed by atoms with Crippen LogP contribution in [0.2, 0.25) is 0 Å². The third kappa shape index (κ3) is 38.6. The molecule has 13 heteroatoms. The summed E-state index contributed by atoms with van der Waals surface area (Å²) in [7, 11) is 0. The third-order valence-corrected chi connectivity index (χ3v) is 6.11. The number of hydrogen-bond acceptors (Lipinski definition) is 10. The average molecular weight is 667 g/mol.